The molecule has 1 fully saturated rings. The second-order valence-corrected chi connectivity index (χ2v) is 6.62. The normalized spacial score (nSPS) is 18.1. The van der Waals surface area contributed by atoms with Gasteiger partial charge in [0.15, 0.2) is 0 Å². The number of likely N-dealkylation sites (tertiary alicyclic amines) is 1. The van der Waals surface area contributed by atoms with Crippen LogP contribution in [0, 0.1) is 5.41 Å². The predicted octanol–water partition coefficient (Wildman–Crippen LogP) is 1.30. The molecule has 106 valence electrons. The van der Waals surface area contributed by atoms with Crippen LogP contribution in [0.2, 0.25) is 0 Å². The van der Waals surface area contributed by atoms with E-state index < -0.39 is 11.0 Å². The van der Waals surface area contributed by atoms with Crippen molar-refractivity contribution >= 4 is 5.91 Å². The Morgan fingerprint density at radius 3 is 2.17 bits per heavy atom. The maximum Gasteiger partial charge on any atom is 0.229 e. The third kappa shape index (κ3) is 3.45. The van der Waals surface area contributed by atoms with E-state index in [1.807, 2.05) is 39.6 Å². The van der Waals surface area contributed by atoms with Crippen LogP contribution >= 0.6 is 0 Å². The van der Waals surface area contributed by atoms with Gasteiger partial charge in [0.25, 0.3) is 0 Å². The highest BCUT2D eigenvalue weighted by Gasteiger charge is 2.41. The molecule has 2 N–H and O–H groups in total. The molecule has 1 rings (SSSR count). The second-order valence-electron chi connectivity index (χ2n) is 6.62. The van der Waals surface area contributed by atoms with Gasteiger partial charge in [-0.1, -0.05) is 0 Å². The van der Waals surface area contributed by atoms with Crippen LogP contribution in [0.4, 0.5) is 0 Å². The average molecular weight is 255 g/mol. The standard InChI is InChI=1S/C14H29N3O/c1-13(2,14(3,4)15)12(18)16(5)10-11-17-8-6-7-9-17/h6-11,15H2,1-5H3. The summed E-state index contributed by atoms with van der Waals surface area (Å²) in [7, 11) is 1.88. The molecular formula is C14H29N3O. The average Bonchev–Trinajstić information content (AvgIpc) is 2.75. The Morgan fingerprint density at radius 2 is 1.72 bits per heavy atom. The summed E-state index contributed by atoms with van der Waals surface area (Å²) >= 11 is 0. The number of nitrogens with zero attached hydrogens (tertiary/aromatic N) is 2. The number of hydrogen-bond acceptors (Lipinski definition) is 3. The molecule has 1 aliphatic heterocycles. The Kier molecular flexibility index (Phi) is 4.78. The first kappa shape index (κ1) is 15.4. The van der Waals surface area contributed by atoms with Crippen molar-refractivity contribution in [1.82, 2.24) is 9.80 Å². The minimum atomic E-state index is -0.535. The lowest BCUT2D eigenvalue weighted by atomic mass is 9.74. The Hall–Kier alpha value is -0.610. The third-order valence-electron chi connectivity index (χ3n) is 4.44. The molecule has 1 heterocycles. The van der Waals surface area contributed by atoms with Gasteiger partial charge in [-0.2, -0.15) is 0 Å². The van der Waals surface area contributed by atoms with Crippen molar-refractivity contribution in [2.45, 2.75) is 46.1 Å². The first-order chi connectivity index (χ1) is 8.16. The van der Waals surface area contributed by atoms with Crippen LogP contribution < -0.4 is 5.73 Å². The molecule has 1 saturated heterocycles. The van der Waals surface area contributed by atoms with Crippen LogP contribution in [0.25, 0.3) is 0 Å². The third-order valence-corrected chi connectivity index (χ3v) is 4.44. The Labute approximate surface area is 111 Å². The summed E-state index contributed by atoms with van der Waals surface area (Å²) in [6.45, 7) is 11.8. The predicted molar refractivity (Wildman–Crippen MR) is 75.4 cm³/mol. The second kappa shape index (κ2) is 5.57. The van der Waals surface area contributed by atoms with E-state index in [4.69, 9.17) is 5.73 Å². The lowest BCUT2D eigenvalue weighted by molar-refractivity contribution is -0.142. The number of nitrogens with two attached hydrogens (primary N) is 1. The molecular weight excluding hydrogens is 226 g/mol. The summed E-state index contributed by atoms with van der Waals surface area (Å²) in [6, 6.07) is 0. The molecule has 4 heteroatoms. The van der Waals surface area contributed by atoms with E-state index in [2.05, 4.69) is 4.90 Å². The fourth-order valence-corrected chi connectivity index (χ4v) is 2.15. The van der Waals surface area contributed by atoms with Gasteiger partial charge in [-0.05, 0) is 53.6 Å². The minimum absolute atomic E-state index is 0.134. The zero-order valence-electron chi connectivity index (χ0n) is 12.6. The van der Waals surface area contributed by atoms with Crippen LogP contribution in [0.5, 0.6) is 0 Å². The lowest BCUT2D eigenvalue weighted by Gasteiger charge is -2.40. The highest BCUT2D eigenvalue weighted by atomic mass is 16.2. The van der Waals surface area contributed by atoms with Gasteiger partial charge in [0.05, 0.1) is 5.41 Å². The van der Waals surface area contributed by atoms with Gasteiger partial charge in [-0.25, -0.2) is 0 Å². The molecule has 0 unspecified atom stereocenters. The summed E-state index contributed by atoms with van der Waals surface area (Å²) in [6.07, 6.45) is 2.58. The molecule has 1 aliphatic rings. The quantitative estimate of drug-likeness (QED) is 0.805. The van der Waals surface area contributed by atoms with Gasteiger partial charge >= 0.3 is 0 Å². The van der Waals surface area contributed by atoms with Gasteiger partial charge in [0, 0.05) is 25.7 Å². The van der Waals surface area contributed by atoms with E-state index in [9.17, 15) is 4.79 Å². The van der Waals surface area contributed by atoms with Crippen molar-refractivity contribution < 1.29 is 4.79 Å². The van der Waals surface area contributed by atoms with Gasteiger partial charge in [0.1, 0.15) is 0 Å². The highest BCUT2D eigenvalue weighted by molar-refractivity contribution is 5.83. The number of hydrogen-bond donors (Lipinski definition) is 1. The number of carbonyl (C=O) groups excluding carboxylic acids is 1. The largest absolute Gasteiger partial charge is 0.344 e. The van der Waals surface area contributed by atoms with Crippen molar-refractivity contribution in [3.63, 3.8) is 0 Å². The van der Waals surface area contributed by atoms with E-state index >= 15 is 0 Å². The Bertz CT molecular complexity index is 288. The van der Waals surface area contributed by atoms with E-state index in [0.29, 0.717) is 0 Å². The van der Waals surface area contributed by atoms with Gasteiger partial charge < -0.3 is 15.5 Å². The topological polar surface area (TPSA) is 49.6 Å². The molecule has 0 saturated carbocycles. The van der Waals surface area contributed by atoms with E-state index in [-0.39, 0.29) is 5.91 Å². The number of carbonyl (C=O) groups is 1. The summed E-state index contributed by atoms with van der Waals surface area (Å²) < 4.78 is 0. The maximum atomic E-state index is 12.4. The number of likely N-dealkylation sites (N-methyl/N-ethyl adjacent to an activating group) is 1. The van der Waals surface area contributed by atoms with Crippen LogP contribution in [0.15, 0.2) is 0 Å². The first-order valence-corrected chi connectivity index (χ1v) is 6.93. The Morgan fingerprint density at radius 1 is 1.22 bits per heavy atom. The molecule has 0 aliphatic carbocycles. The number of rotatable bonds is 5. The van der Waals surface area contributed by atoms with Gasteiger partial charge in [-0.15, -0.1) is 0 Å². The zero-order chi connectivity index (χ0) is 14.0. The minimum Gasteiger partial charge on any atom is -0.344 e. The van der Waals surface area contributed by atoms with Crippen LogP contribution in [0.1, 0.15) is 40.5 Å². The maximum absolute atomic E-state index is 12.4. The van der Waals surface area contributed by atoms with Gasteiger partial charge in [-0.3, -0.25) is 4.79 Å². The zero-order valence-corrected chi connectivity index (χ0v) is 12.6. The monoisotopic (exact) mass is 255 g/mol. The van der Waals surface area contributed by atoms with Crippen molar-refractivity contribution in [2.75, 3.05) is 33.2 Å². The van der Waals surface area contributed by atoms with Crippen LogP contribution in [-0.4, -0.2) is 54.5 Å². The molecule has 18 heavy (non-hydrogen) atoms. The molecule has 0 aromatic rings. The summed E-state index contributed by atoms with van der Waals surface area (Å²) in [5.74, 6) is 0.134. The SMILES string of the molecule is CN(CCN1CCCC1)C(=O)C(C)(C)C(C)(C)N. The molecule has 4 nitrogen and oxygen atoms in total. The summed E-state index contributed by atoms with van der Waals surface area (Å²) in [5, 5.41) is 0. The smallest absolute Gasteiger partial charge is 0.229 e. The first-order valence-electron chi connectivity index (χ1n) is 6.93. The fourth-order valence-electron chi connectivity index (χ4n) is 2.15. The lowest BCUT2D eigenvalue weighted by Crippen LogP contribution is -2.56. The van der Waals surface area contributed by atoms with Crippen molar-refractivity contribution in [1.29, 1.82) is 0 Å². The molecule has 0 aromatic carbocycles. The molecule has 0 radical (unpaired) electrons. The molecule has 0 spiro atoms. The molecule has 1 amide bonds. The van der Waals surface area contributed by atoms with Gasteiger partial charge in [0.2, 0.25) is 5.91 Å². The van der Waals surface area contributed by atoms with Crippen LogP contribution in [0.3, 0.4) is 0 Å². The van der Waals surface area contributed by atoms with E-state index in [0.717, 1.165) is 13.1 Å². The molecule has 0 atom stereocenters. The Balaban J connectivity index is 2.50. The molecule has 0 aromatic heterocycles. The number of amides is 1. The highest BCUT2D eigenvalue weighted by Crippen LogP contribution is 2.30. The van der Waals surface area contributed by atoms with E-state index in [1.165, 1.54) is 25.9 Å². The fraction of sp³-hybridized carbons (Fsp3) is 0.929. The van der Waals surface area contributed by atoms with Crippen molar-refractivity contribution in [3.8, 4) is 0 Å². The van der Waals surface area contributed by atoms with Crippen molar-refractivity contribution in [3.05, 3.63) is 0 Å². The molecule has 0 bridgehead atoms. The van der Waals surface area contributed by atoms with Crippen LogP contribution in [-0.2, 0) is 4.79 Å². The van der Waals surface area contributed by atoms with E-state index in [1.54, 1.807) is 0 Å². The summed E-state index contributed by atoms with van der Waals surface area (Å²) in [4.78, 5) is 16.7. The summed E-state index contributed by atoms with van der Waals surface area (Å²) in [5.41, 5.74) is 5.07. The van der Waals surface area contributed by atoms with Crippen molar-refractivity contribution in [2.24, 2.45) is 11.1 Å².